The maximum Gasteiger partial charge on any atom is 0.312 e. The lowest BCUT2D eigenvalue weighted by Gasteiger charge is -2.41. The molecule has 1 N–H and O–H groups in total. The van der Waals surface area contributed by atoms with Gasteiger partial charge in [0, 0.05) is 7.05 Å². The SMILES string of the molecule is CNC(=O)C(=O)N1CC(C)(F)C1. The highest BCUT2D eigenvalue weighted by atomic mass is 19.1. The molecule has 0 radical (unpaired) electrons. The van der Waals surface area contributed by atoms with Crippen LogP contribution in [0.3, 0.4) is 0 Å². The maximum absolute atomic E-state index is 12.9. The van der Waals surface area contributed by atoms with Gasteiger partial charge in [0.25, 0.3) is 0 Å². The van der Waals surface area contributed by atoms with Gasteiger partial charge < -0.3 is 10.2 Å². The van der Waals surface area contributed by atoms with Crippen LogP contribution >= 0.6 is 0 Å². The van der Waals surface area contributed by atoms with Crippen LogP contribution in [0.25, 0.3) is 0 Å². The van der Waals surface area contributed by atoms with Crippen molar-refractivity contribution in [3.63, 3.8) is 0 Å². The second kappa shape index (κ2) is 2.73. The minimum absolute atomic E-state index is 0.0131. The summed E-state index contributed by atoms with van der Waals surface area (Å²) in [6.45, 7) is 1.43. The normalized spacial score (nSPS) is 19.8. The summed E-state index contributed by atoms with van der Waals surface area (Å²) >= 11 is 0. The van der Waals surface area contributed by atoms with Gasteiger partial charge in [0.1, 0.15) is 5.67 Å². The third-order valence-electron chi connectivity index (χ3n) is 1.75. The van der Waals surface area contributed by atoms with E-state index < -0.39 is 17.5 Å². The Morgan fingerprint density at radius 2 is 2.00 bits per heavy atom. The zero-order chi connectivity index (χ0) is 9.35. The summed E-state index contributed by atoms with van der Waals surface area (Å²) in [5.74, 6) is -1.35. The molecule has 1 heterocycles. The van der Waals surface area contributed by atoms with E-state index in [4.69, 9.17) is 0 Å². The Kier molecular flexibility index (Phi) is 2.04. The lowest BCUT2D eigenvalue weighted by Crippen LogP contribution is -2.61. The Bertz CT molecular complexity index is 219. The number of likely N-dealkylation sites (tertiary alicyclic amines) is 1. The molecule has 1 fully saturated rings. The van der Waals surface area contributed by atoms with E-state index in [2.05, 4.69) is 5.32 Å². The summed E-state index contributed by atoms with van der Waals surface area (Å²) in [5, 5.41) is 2.19. The second-order valence-electron chi connectivity index (χ2n) is 3.15. The summed E-state index contributed by atoms with van der Waals surface area (Å²) in [6, 6.07) is 0. The van der Waals surface area contributed by atoms with Crippen molar-refractivity contribution in [1.29, 1.82) is 0 Å². The summed E-state index contributed by atoms with van der Waals surface area (Å²) in [7, 11) is 1.37. The molecule has 1 saturated heterocycles. The number of hydrogen-bond acceptors (Lipinski definition) is 2. The van der Waals surface area contributed by atoms with Gasteiger partial charge in [-0.25, -0.2) is 4.39 Å². The van der Waals surface area contributed by atoms with Gasteiger partial charge in [0.2, 0.25) is 0 Å². The molecule has 1 rings (SSSR count). The van der Waals surface area contributed by atoms with E-state index in [0.717, 1.165) is 0 Å². The van der Waals surface area contributed by atoms with Crippen LogP contribution in [0.15, 0.2) is 0 Å². The summed E-state index contributed by atoms with van der Waals surface area (Å²) < 4.78 is 12.9. The van der Waals surface area contributed by atoms with Crippen molar-refractivity contribution in [1.82, 2.24) is 10.2 Å². The van der Waals surface area contributed by atoms with Gasteiger partial charge in [-0.3, -0.25) is 9.59 Å². The number of hydrogen-bond donors (Lipinski definition) is 1. The Morgan fingerprint density at radius 3 is 2.33 bits per heavy atom. The predicted octanol–water partition coefficient (Wildman–Crippen LogP) is -0.697. The van der Waals surface area contributed by atoms with Gasteiger partial charge in [-0.05, 0) is 6.92 Å². The van der Waals surface area contributed by atoms with E-state index in [-0.39, 0.29) is 13.1 Å². The number of carbonyl (C=O) groups excluding carboxylic acids is 2. The molecule has 0 atom stereocenters. The summed E-state index contributed by atoms with van der Waals surface area (Å²) in [4.78, 5) is 22.9. The first kappa shape index (κ1) is 8.96. The fourth-order valence-electron chi connectivity index (χ4n) is 1.14. The maximum atomic E-state index is 12.9. The van der Waals surface area contributed by atoms with Gasteiger partial charge >= 0.3 is 11.8 Å². The van der Waals surface area contributed by atoms with Crippen molar-refractivity contribution in [3.8, 4) is 0 Å². The van der Waals surface area contributed by atoms with Crippen molar-refractivity contribution in [2.24, 2.45) is 0 Å². The molecule has 1 aliphatic heterocycles. The number of likely N-dealkylation sites (N-methyl/N-ethyl adjacent to an activating group) is 1. The highest BCUT2D eigenvalue weighted by Gasteiger charge is 2.43. The lowest BCUT2D eigenvalue weighted by atomic mass is 9.99. The standard InChI is InChI=1S/C7H11FN2O2/c1-7(8)3-10(4-7)6(12)5(11)9-2/h3-4H2,1-2H3,(H,9,11). The van der Waals surface area contributed by atoms with E-state index in [0.29, 0.717) is 0 Å². The highest BCUT2D eigenvalue weighted by Crippen LogP contribution is 2.23. The zero-order valence-corrected chi connectivity index (χ0v) is 7.06. The minimum atomic E-state index is -1.32. The van der Waals surface area contributed by atoms with E-state index >= 15 is 0 Å². The molecule has 0 bridgehead atoms. The zero-order valence-electron chi connectivity index (χ0n) is 7.06. The van der Waals surface area contributed by atoms with Crippen LogP contribution in [0.4, 0.5) is 4.39 Å². The van der Waals surface area contributed by atoms with Crippen LogP contribution < -0.4 is 5.32 Å². The van der Waals surface area contributed by atoms with Crippen LogP contribution in [0, 0.1) is 0 Å². The van der Waals surface area contributed by atoms with Gasteiger partial charge in [0.15, 0.2) is 0 Å². The molecule has 4 nitrogen and oxygen atoms in total. The van der Waals surface area contributed by atoms with Gasteiger partial charge in [-0.2, -0.15) is 0 Å². The van der Waals surface area contributed by atoms with E-state index in [1.54, 1.807) is 0 Å². The quantitative estimate of drug-likeness (QED) is 0.494. The van der Waals surface area contributed by atoms with Gasteiger partial charge in [-0.15, -0.1) is 0 Å². The van der Waals surface area contributed by atoms with Gasteiger partial charge in [-0.1, -0.05) is 0 Å². The molecule has 0 saturated carbocycles. The molecule has 0 aromatic rings. The number of halogens is 1. The Labute approximate surface area is 69.7 Å². The smallest absolute Gasteiger partial charge is 0.312 e. The predicted molar refractivity (Wildman–Crippen MR) is 40.2 cm³/mol. The topological polar surface area (TPSA) is 49.4 Å². The van der Waals surface area contributed by atoms with E-state index in [1.807, 2.05) is 0 Å². The number of rotatable bonds is 0. The molecular weight excluding hydrogens is 163 g/mol. The number of amides is 2. The fraction of sp³-hybridized carbons (Fsp3) is 0.714. The Hall–Kier alpha value is -1.13. The third kappa shape index (κ3) is 1.54. The summed E-state index contributed by atoms with van der Waals surface area (Å²) in [5.41, 5.74) is -1.32. The molecule has 0 unspecified atom stereocenters. The molecule has 0 aliphatic carbocycles. The van der Waals surface area contributed by atoms with Crippen molar-refractivity contribution in [3.05, 3.63) is 0 Å². The average Bonchev–Trinajstić information content (AvgIpc) is 1.97. The minimum Gasteiger partial charge on any atom is -0.351 e. The van der Waals surface area contributed by atoms with E-state index in [1.165, 1.54) is 18.9 Å². The number of alkyl halides is 1. The lowest BCUT2D eigenvalue weighted by molar-refractivity contribution is -0.154. The van der Waals surface area contributed by atoms with Crippen LogP contribution in [0.2, 0.25) is 0 Å². The van der Waals surface area contributed by atoms with Crippen molar-refractivity contribution >= 4 is 11.8 Å². The monoisotopic (exact) mass is 174 g/mol. The highest BCUT2D eigenvalue weighted by molar-refractivity contribution is 6.35. The van der Waals surface area contributed by atoms with E-state index in [9.17, 15) is 14.0 Å². The number of nitrogens with zero attached hydrogens (tertiary/aromatic N) is 1. The van der Waals surface area contributed by atoms with Crippen molar-refractivity contribution in [2.75, 3.05) is 20.1 Å². The van der Waals surface area contributed by atoms with Crippen LogP contribution in [-0.2, 0) is 9.59 Å². The number of nitrogens with one attached hydrogen (secondary N) is 1. The average molecular weight is 174 g/mol. The largest absolute Gasteiger partial charge is 0.351 e. The Balaban J connectivity index is 2.43. The molecule has 2 amide bonds. The van der Waals surface area contributed by atoms with Crippen LogP contribution in [0.5, 0.6) is 0 Å². The molecule has 1 aliphatic rings. The molecular formula is C7H11FN2O2. The second-order valence-corrected chi connectivity index (χ2v) is 3.15. The van der Waals surface area contributed by atoms with Crippen LogP contribution in [0.1, 0.15) is 6.92 Å². The molecule has 68 valence electrons. The first-order valence-electron chi connectivity index (χ1n) is 3.66. The Morgan fingerprint density at radius 1 is 1.50 bits per heavy atom. The number of carbonyl (C=O) groups is 2. The molecule has 0 spiro atoms. The van der Waals surface area contributed by atoms with Crippen molar-refractivity contribution < 1.29 is 14.0 Å². The molecule has 5 heteroatoms. The van der Waals surface area contributed by atoms with Crippen LogP contribution in [-0.4, -0.2) is 42.5 Å². The molecule has 0 aromatic heterocycles. The first-order chi connectivity index (χ1) is 5.46. The molecule has 0 aromatic carbocycles. The summed E-state index contributed by atoms with van der Waals surface area (Å²) in [6.07, 6.45) is 0. The first-order valence-corrected chi connectivity index (χ1v) is 3.66. The van der Waals surface area contributed by atoms with Gasteiger partial charge in [0.05, 0.1) is 13.1 Å². The molecule has 12 heavy (non-hydrogen) atoms. The van der Waals surface area contributed by atoms with Crippen molar-refractivity contribution in [2.45, 2.75) is 12.6 Å². The fourth-order valence-corrected chi connectivity index (χ4v) is 1.14. The third-order valence-corrected chi connectivity index (χ3v) is 1.75.